The number of aromatic nitrogens is 1. The second-order valence-corrected chi connectivity index (χ2v) is 5.19. The summed E-state index contributed by atoms with van der Waals surface area (Å²) in [5.41, 5.74) is 1.00. The van der Waals surface area contributed by atoms with Crippen molar-refractivity contribution in [3.8, 4) is 16.3 Å². The summed E-state index contributed by atoms with van der Waals surface area (Å²) in [5, 5.41) is 10.0. The highest BCUT2D eigenvalue weighted by atomic mass is 79.9. The first-order valence-electron chi connectivity index (χ1n) is 5.24. The molecule has 1 aromatic carbocycles. The lowest BCUT2D eigenvalue weighted by Gasteiger charge is -2.03. The van der Waals surface area contributed by atoms with E-state index >= 15 is 0 Å². The molecular weight excluding hydrogens is 302 g/mol. The molecule has 0 aliphatic carbocycles. The summed E-state index contributed by atoms with van der Waals surface area (Å²) in [6.07, 6.45) is 0. The second kappa shape index (κ2) is 5.62. The fourth-order valence-corrected chi connectivity index (χ4v) is 2.91. The van der Waals surface area contributed by atoms with Gasteiger partial charge in [0.15, 0.2) is 0 Å². The van der Waals surface area contributed by atoms with Crippen LogP contribution in [0.15, 0.2) is 28.9 Å². The predicted octanol–water partition coefficient (Wildman–Crippen LogP) is 3.46. The summed E-state index contributed by atoms with van der Waals surface area (Å²) in [5.74, 6) is 0.835. The molecule has 1 heterocycles. The van der Waals surface area contributed by atoms with Crippen LogP contribution in [0, 0.1) is 0 Å². The number of thiazole rings is 1. The Bertz CT molecular complexity index is 513. The molecule has 3 nitrogen and oxygen atoms in total. The van der Waals surface area contributed by atoms with Crippen molar-refractivity contribution in [3.63, 3.8) is 0 Å². The topological polar surface area (TPSA) is 42.4 Å². The number of hydrogen-bond donors (Lipinski definition) is 1. The first-order valence-corrected chi connectivity index (χ1v) is 6.84. The summed E-state index contributed by atoms with van der Waals surface area (Å²) in [4.78, 5) is 5.21. The molecule has 0 fully saturated rings. The number of nitrogens with zero attached hydrogens (tertiary/aromatic N) is 1. The number of aliphatic hydroxyl groups excluding tert-OH is 1. The smallest absolute Gasteiger partial charge is 0.125 e. The van der Waals surface area contributed by atoms with Gasteiger partial charge in [-0.2, -0.15) is 0 Å². The van der Waals surface area contributed by atoms with Crippen LogP contribution >= 0.6 is 27.3 Å². The van der Waals surface area contributed by atoms with Crippen molar-refractivity contribution in [3.05, 3.63) is 33.7 Å². The zero-order chi connectivity index (χ0) is 12.3. The summed E-state index contributed by atoms with van der Waals surface area (Å²) in [6, 6.07) is 7.79. The first kappa shape index (κ1) is 12.5. The molecular formula is C12H12BrNO2S. The standard InChI is InChI=1S/C12H12BrNO2S/c1-2-16-9-5-3-4-8(6-9)12-14-11(13)10(7-15)17-12/h3-6,15H,2,7H2,1H3. The van der Waals surface area contributed by atoms with E-state index in [9.17, 15) is 0 Å². The Labute approximate surface area is 112 Å². The molecule has 0 saturated carbocycles. The van der Waals surface area contributed by atoms with Gasteiger partial charge < -0.3 is 9.84 Å². The largest absolute Gasteiger partial charge is 0.494 e. The SMILES string of the molecule is CCOc1cccc(-c2nc(Br)c(CO)s2)c1. The summed E-state index contributed by atoms with van der Waals surface area (Å²) >= 11 is 4.81. The maximum absolute atomic E-state index is 9.13. The van der Waals surface area contributed by atoms with Gasteiger partial charge in [0, 0.05) is 5.56 Å². The lowest BCUT2D eigenvalue weighted by molar-refractivity contribution is 0.284. The molecule has 0 amide bonds. The van der Waals surface area contributed by atoms with Crippen LogP contribution in [-0.2, 0) is 6.61 Å². The van der Waals surface area contributed by atoms with Gasteiger partial charge in [0.1, 0.15) is 15.4 Å². The van der Waals surface area contributed by atoms with Crippen molar-refractivity contribution in [2.75, 3.05) is 6.61 Å². The highest BCUT2D eigenvalue weighted by Gasteiger charge is 2.10. The highest BCUT2D eigenvalue weighted by Crippen LogP contribution is 2.32. The molecule has 0 saturated heterocycles. The minimum absolute atomic E-state index is 0.00337. The molecule has 90 valence electrons. The summed E-state index contributed by atoms with van der Waals surface area (Å²) in [6.45, 7) is 2.60. The van der Waals surface area contributed by atoms with Crippen LogP contribution in [0.1, 0.15) is 11.8 Å². The molecule has 5 heteroatoms. The predicted molar refractivity (Wildman–Crippen MR) is 72.3 cm³/mol. The van der Waals surface area contributed by atoms with E-state index in [1.165, 1.54) is 11.3 Å². The van der Waals surface area contributed by atoms with Crippen LogP contribution in [0.3, 0.4) is 0 Å². The van der Waals surface area contributed by atoms with Gasteiger partial charge in [0.05, 0.1) is 18.1 Å². The Hall–Kier alpha value is -0.910. The van der Waals surface area contributed by atoms with E-state index in [2.05, 4.69) is 20.9 Å². The van der Waals surface area contributed by atoms with Crippen LogP contribution < -0.4 is 4.74 Å². The Morgan fingerprint density at radius 3 is 2.94 bits per heavy atom. The average Bonchev–Trinajstić information content (AvgIpc) is 2.71. The third-order valence-electron chi connectivity index (χ3n) is 2.19. The molecule has 0 unspecified atom stereocenters. The maximum Gasteiger partial charge on any atom is 0.125 e. The number of aliphatic hydroxyl groups is 1. The molecule has 17 heavy (non-hydrogen) atoms. The lowest BCUT2D eigenvalue weighted by atomic mass is 10.2. The molecule has 0 bridgehead atoms. The maximum atomic E-state index is 9.13. The molecule has 0 radical (unpaired) electrons. The molecule has 0 atom stereocenters. The van der Waals surface area contributed by atoms with Crippen LogP contribution in [-0.4, -0.2) is 16.7 Å². The van der Waals surface area contributed by atoms with Gasteiger partial charge in [-0.3, -0.25) is 0 Å². The minimum atomic E-state index is 0.00337. The summed E-state index contributed by atoms with van der Waals surface area (Å²) in [7, 11) is 0. The fourth-order valence-electron chi connectivity index (χ4n) is 1.44. The number of benzene rings is 1. The number of halogens is 1. The Morgan fingerprint density at radius 2 is 2.29 bits per heavy atom. The van der Waals surface area contributed by atoms with Crippen molar-refractivity contribution < 1.29 is 9.84 Å². The van der Waals surface area contributed by atoms with Crippen LogP contribution in [0.2, 0.25) is 0 Å². The van der Waals surface area contributed by atoms with E-state index < -0.39 is 0 Å². The molecule has 2 aromatic rings. The van der Waals surface area contributed by atoms with Gasteiger partial charge in [-0.15, -0.1) is 11.3 Å². The van der Waals surface area contributed by atoms with Gasteiger partial charge >= 0.3 is 0 Å². The summed E-state index contributed by atoms with van der Waals surface area (Å²) < 4.78 is 6.16. The molecule has 0 aliphatic heterocycles. The minimum Gasteiger partial charge on any atom is -0.494 e. The van der Waals surface area contributed by atoms with E-state index in [-0.39, 0.29) is 6.61 Å². The van der Waals surface area contributed by atoms with Gasteiger partial charge in [-0.25, -0.2) is 4.98 Å². The molecule has 2 rings (SSSR count). The van der Waals surface area contributed by atoms with Crippen LogP contribution in [0.5, 0.6) is 5.75 Å². The van der Waals surface area contributed by atoms with Gasteiger partial charge in [-0.1, -0.05) is 12.1 Å². The van der Waals surface area contributed by atoms with Crippen molar-refractivity contribution in [1.29, 1.82) is 0 Å². The van der Waals surface area contributed by atoms with Crippen LogP contribution in [0.4, 0.5) is 0 Å². The van der Waals surface area contributed by atoms with E-state index in [4.69, 9.17) is 9.84 Å². The van der Waals surface area contributed by atoms with Crippen molar-refractivity contribution in [2.45, 2.75) is 13.5 Å². The second-order valence-electron chi connectivity index (χ2n) is 3.35. The van der Waals surface area contributed by atoms with Crippen molar-refractivity contribution in [2.24, 2.45) is 0 Å². The number of hydrogen-bond acceptors (Lipinski definition) is 4. The van der Waals surface area contributed by atoms with E-state index in [0.717, 1.165) is 21.2 Å². The lowest BCUT2D eigenvalue weighted by Crippen LogP contribution is -1.90. The van der Waals surface area contributed by atoms with Crippen molar-refractivity contribution in [1.82, 2.24) is 4.98 Å². The van der Waals surface area contributed by atoms with Crippen LogP contribution in [0.25, 0.3) is 10.6 Å². The molecule has 1 aromatic heterocycles. The van der Waals surface area contributed by atoms with Crippen molar-refractivity contribution >= 4 is 27.3 Å². The fraction of sp³-hybridized carbons (Fsp3) is 0.250. The third-order valence-corrected chi connectivity index (χ3v) is 4.19. The molecule has 0 spiro atoms. The Balaban J connectivity index is 2.34. The molecule has 1 N–H and O–H groups in total. The Morgan fingerprint density at radius 1 is 1.47 bits per heavy atom. The zero-order valence-electron chi connectivity index (χ0n) is 9.31. The van der Waals surface area contributed by atoms with Gasteiger partial charge in [0.2, 0.25) is 0 Å². The third kappa shape index (κ3) is 2.86. The quantitative estimate of drug-likeness (QED) is 0.940. The van der Waals surface area contributed by atoms with E-state index in [0.29, 0.717) is 11.2 Å². The van der Waals surface area contributed by atoms with E-state index in [1.54, 1.807) is 0 Å². The Kier molecular flexibility index (Phi) is 4.15. The highest BCUT2D eigenvalue weighted by molar-refractivity contribution is 9.10. The number of ether oxygens (including phenoxy) is 1. The monoisotopic (exact) mass is 313 g/mol. The molecule has 0 aliphatic rings. The van der Waals surface area contributed by atoms with Gasteiger partial charge in [-0.05, 0) is 35.0 Å². The van der Waals surface area contributed by atoms with Gasteiger partial charge in [0.25, 0.3) is 0 Å². The van der Waals surface area contributed by atoms with E-state index in [1.807, 2.05) is 31.2 Å². The normalized spacial score (nSPS) is 10.5. The first-order chi connectivity index (χ1) is 8.24. The number of rotatable bonds is 4. The zero-order valence-corrected chi connectivity index (χ0v) is 11.7. The average molecular weight is 314 g/mol.